The molecule has 0 amide bonds. The number of hydrogen-bond donors (Lipinski definition) is 0. The zero-order chi connectivity index (χ0) is 18.8. The quantitative estimate of drug-likeness (QED) is 0.462. The molecule has 0 atom stereocenters. The van der Waals surface area contributed by atoms with Gasteiger partial charge in [0.25, 0.3) is 5.69 Å². The van der Waals surface area contributed by atoms with Gasteiger partial charge in [-0.15, -0.1) is 0 Å². The average Bonchev–Trinajstić information content (AvgIpc) is 2.91. The molecular formula is C16H15F3N2O4. The van der Waals surface area contributed by atoms with E-state index in [0.29, 0.717) is 11.6 Å². The Labute approximate surface area is 141 Å². The molecule has 25 heavy (non-hydrogen) atoms. The summed E-state index contributed by atoms with van der Waals surface area (Å²) in [6, 6.07) is 4.99. The van der Waals surface area contributed by atoms with Crippen molar-refractivity contribution in [1.82, 2.24) is 4.57 Å². The second-order valence-corrected chi connectivity index (χ2v) is 5.35. The molecule has 0 aliphatic heterocycles. The number of benzene rings is 1. The number of nitrogens with zero attached hydrogens (tertiary/aromatic N) is 2. The Morgan fingerprint density at radius 3 is 2.56 bits per heavy atom. The van der Waals surface area contributed by atoms with Crippen LogP contribution >= 0.6 is 0 Å². The summed E-state index contributed by atoms with van der Waals surface area (Å²) >= 11 is 0. The normalized spacial score (nSPS) is 11.4. The molecule has 0 N–H and O–H groups in total. The van der Waals surface area contributed by atoms with E-state index in [9.17, 15) is 28.1 Å². The lowest BCUT2D eigenvalue weighted by Gasteiger charge is -2.10. The zero-order valence-electron chi connectivity index (χ0n) is 13.5. The Morgan fingerprint density at radius 2 is 2.00 bits per heavy atom. The van der Waals surface area contributed by atoms with Crippen LogP contribution < -0.4 is 0 Å². The third kappa shape index (κ3) is 4.17. The van der Waals surface area contributed by atoms with Crippen molar-refractivity contribution in [2.24, 2.45) is 0 Å². The fourth-order valence-corrected chi connectivity index (χ4v) is 2.37. The van der Waals surface area contributed by atoms with Gasteiger partial charge in [-0.1, -0.05) is 11.6 Å². The fraction of sp³-hybridized carbons (Fsp3) is 0.312. The van der Waals surface area contributed by atoms with Gasteiger partial charge in [0.1, 0.15) is 5.69 Å². The van der Waals surface area contributed by atoms with E-state index in [2.05, 4.69) is 0 Å². The highest BCUT2D eigenvalue weighted by atomic mass is 19.4. The van der Waals surface area contributed by atoms with Crippen molar-refractivity contribution in [3.63, 3.8) is 0 Å². The van der Waals surface area contributed by atoms with Crippen molar-refractivity contribution in [2.45, 2.75) is 26.6 Å². The van der Waals surface area contributed by atoms with E-state index in [1.54, 1.807) is 6.92 Å². The zero-order valence-corrected chi connectivity index (χ0v) is 13.5. The molecule has 1 aromatic heterocycles. The summed E-state index contributed by atoms with van der Waals surface area (Å²) in [7, 11) is 0. The summed E-state index contributed by atoms with van der Waals surface area (Å²) in [6.07, 6.45) is -3.90. The maximum absolute atomic E-state index is 13.0. The highest BCUT2D eigenvalue weighted by molar-refractivity contribution is 5.88. The van der Waals surface area contributed by atoms with Crippen LogP contribution in [-0.4, -0.2) is 22.1 Å². The van der Waals surface area contributed by atoms with Crippen molar-refractivity contribution in [1.29, 1.82) is 0 Å². The smallest absolute Gasteiger partial charge is 0.417 e. The van der Waals surface area contributed by atoms with Gasteiger partial charge in [-0.3, -0.25) is 10.1 Å². The van der Waals surface area contributed by atoms with Crippen LogP contribution in [0.5, 0.6) is 0 Å². The second-order valence-electron chi connectivity index (χ2n) is 5.35. The standard InChI is InChI=1S/C16H15F3N2O4/c1-3-25-15(22)14-7-12(16(17,18)19)9-20(14)8-11-6-10(2)4-5-13(11)21(23)24/h4-7,9H,3,8H2,1-2H3. The summed E-state index contributed by atoms with van der Waals surface area (Å²) in [6.45, 7) is 2.97. The summed E-state index contributed by atoms with van der Waals surface area (Å²) in [5.74, 6) is -0.923. The highest BCUT2D eigenvalue weighted by Gasteiger charge is 2.34. The van der Waals surface area contributed by atoms with Gasteiger partial charge in [-0.2, -0.15) is 13.2 Å². The van der Waals surface area contributed by atoms with Crippen LogP contribution in [0.25, 0.3) is 0 Å². The molecule has 9 heteroatoms. The first-order chi connectivity index (χ1) is 11.6. The number of alkyl halides is 3. The molecule has 0 bridgehead atoms. The first kappa shape index (κ1) is 18.5. The van der Waals surface area contributed by atoms with E-state index in [0.717, 1.165) is 10.8 Å². The van der Waals surface area contributed by atoms with Gasteiger partial charge in [0.2, 0.25) is 0 Å². The Balaban J connectivity index is 2.52. The SMILES string of the molecule is CCOC(=O)c1cc(C(F)(F)F)cn1Cc1cc(C)ccc1[N+](=O)[O-]. The fourth-order valence-electron chi connectivity index (χ4n) is 2.37. The molecule has 2 aromatic rings. The number of halogens is 3. The van der Waals surface area contributed by atoms with E-state index in [-0.39, 0.29) is 30.1 Å². The molecule has 0 spiro atoms. The number of aryl methyl sites for hydroxylation is 1. The lowest BCUT2D eigenvalue weighted by atomic mass is 10.1. The minimum atomic E-state index is -4.65. The van der Waals surface area contributed by atoms with Crippen molar-refractivity contribution in [2.75, 3.05) is 6.61 Å². The molecule has 1 aromatic carbocycles. The number of rotatable bonds is 5. The van der Waals surface area contributed by atoms with Gasteiger partial charge in [0.05, 0.1) is 23.6 Å². The van der Waals surface area contributed by atoms with Crippen molar-refractivity contribution in [3.05, 3.63) is 63.0 Å². The van der Waals surface area contributed by atoms with Crippen LogP contribution in [0.2, 0.25) is 0 Å². The van der Waals surface area contributed by atoms with Crippen molar-refractivity contribution in [3.8, 4) is 0 Å². The summed E-state index contributed by atoms with van der Waals surface area (Å²) in [5, 5.41) is 11.1. The van der Waals surface area contributed by atoms with Gasteiger partial charge in [0, 0.05) is 17.8 Å². The topological polar surface area (TPSA) is 74.4 Å². The average molecular weight is 356 g/mol. The summed E-state index contributed by atoms with van der Waals surface area (Å²) < 4.78 is 44.7. The van der Waals surface area contributed by atoms with E-state index in [4.69, 9.17) is 4.74 Å². The molecule has 0 unspecified atom stereocenters. The Bertz CT molecular complexity index is 812. The molecule has 0 aliphatic rings. The largest absolute Gasteiger partial charge is 0.461 e. The van der Waals surface area contributed by atoms with Crippen LogP contribution in [0.3, 0.4) is 0 Å². The minimum absolute atomic E-state index is 0.00401. The Hall–Kier alpha value is -2.84. The minimum Gasteiger partial charge on any atom is -0.461 e. The van der Waals surface area contributed by atoms with Crippen molar-refractivity contribution < 1.29 is 27.6 Å². The van der Waals surface area contributed by atoms with Gasteiger partial charge in [-0.05, 0) is 26.0 Å². The number of carbonyl (C=O) groups is 1. The summed E-state index contributed by atoms with van der Waals surface area (Å²) in [5.41, 5.74) is -0.667. The molecule has 2 rings (SSSR count). The molecule has 0 radical (unpaired) electrons. The van der Waals surface area contributed by atoms with Gasteiger partial charge in [-0.25, -0.2) is 4.79 Å². The maximum atomic E-state index is 13.0. The van der Waals surface area contributed by atoms with Gasteiger partial charge >= 0.3 is 12.1 Å². The molecule has 0 fully saturated rings. The first-order valence-electron chi connectivity index (χ1n) is 7.32. The Kier molecular flexibility index (Phi) is 5.15. The number of nitro groups is 1. The van der Waals surface area contributed by atoms with E-state index in [1.165, 1.54) is 25.1 Å². The second kappa shape index (κ2) is 6.96. The van der Waals surface area contributed by atoms with Crippen LogP contribution in [0.15, 0.2) is 30.5 Å². The van der Waals surface area contributed by atoms with Gasteiger partial charge < -0.3 is 9.30 Å². The molecule has 0 saturated carbocycles. The molecule has 1 heterocycles. The number of ether oxygens (including phenoxy) is 1. The van der Waals surface area contributed by atoms with E-state index < -0.39 is 22.6 Å². The third-order valence-electron chi connectivity index (χ3n) is 3.48. The number of aromatic nitrogens is 1. The van der Waals surface area contributed by atoms with E-state index in [1.807, 2.05) is 0 Å². The molecule has 0 saturated heterocycles. The number of hydrogen-bond acceptors (Lipinski definition) is 4. The van der Waals surface area contributed by atoms with Crippen LogP contribution in [0.4, 0.5) is 18.9 Å². The lowest BCUT2D eigenvalue weighted by molar-refractivity contribution is -0.385. The number of carbonyl (C=O) groups excluding carboxylic acids is 1. The highest BCUT2D eigenvalue weighted by Crippen LogP contribution is 2.32. The predicted molar refractivity (Wildman–Crippen MR) is 82.3 cm³/mol. The number of nitro benzene ring substituents is 1. The molecular weight excluding hydrogens is 341 g/mol. The molecule has 0 aliphatic carbocycles. The van der Waals surface area contributed by atoms with Crippen LogP contribution in [0, 0.1) is 17.0 Å². The molecule has 134 valence electrons. The molecule has 6 nitrogen and oxygen atoms in total. The lowest BCUT2D eigenvalue weighted by Crippen LogP contribution is -2.13. The third-order valence-corrected chi connectivity index (χ3v) is 3.48. The first-order valence-corrected chi connectivity index (χ1v) is 7.32. The van der Waals surface area contributed by atoms with E-state index >= 15 is 0 Å². The summed E-state index contributed by atoms with van der Waals surface area (Å²) in [4.78, 5) is 22.5. The monoisotopic (exact) mass is 356 g/mol. The number of esters is 1. The maximum Gasteiger partial charge on any atom is 0.417 e. The Morgan fingerprint density at radius 1 is 1.32 bits per heavy atom. The van der Waals surface area contributed by atoms with Crippen LogP contribution in [0.1, 0.15) is 34.1 Å². The van der Waals surface area contributed by atoms with Crippen LogP contribution in [-0.2, 0) is 17.5 Å². The van der Waals surface area contributed by atoms with Crippen molar-refractivity contribution >= 4 is 11.7 Å². The van der Waals surface area contributed by atoms with Gasteiger partial charge in [0.15, 0.2) is 0 Å². The predicted octanol–water partition coefficient (Wildman–Crippen LogP) is 3.95.